The predicted molar refractivity (Wildman–Crippen MR) is 113 cm³/mol. The molecule has 0 spiro atoms. The van der Waals surface area contributed by atoms with E-state index < -0.39 is 5.92 Å². The molecule has 2 aromatic carbocycles. The van der Waals surface area contributed by atoms with Crippen LogP contribution in [0.2, 0.25) is 5.02 Å². The molecule has 1 atom stereocenters. The van der Waals surface area contributed by atoms with Gasteiger partial charge in [0.1, 0.15) is 24.0 Å². The summed E-state index contributed by atoms with van der Waals surface area (Å²) in [5, 5.41) is 17.1. The first kappa shape index (κ1) is 19.4. The molecule has 1 aromatic heterocycles. The molecule has 0 amide bonds. The molecule has 4 rings (SSSR count). The number of H-pyrrole nitrogens is 1. The normalized spacial score (nSPS) is 15.4. The number of fused-ring (bicyclic) bond motifs is 1. The summed E-state index contributed by atoms with van der Waals surface area (Å²) in [6, 6.07) is 15.5. The fourth-order valence-corrected chi connectivity index (χ4v) is 3.80. The lowest BCUT2D eigenvalue weighted by molar-refractivity contribution is 0.306. The van der Waals surface area contributed by atoms with E-state index in [0.717, 1.165) is 26.9 Å². The van der Waals surface area contributed by atoms with Gasteiger partial charge in [-0.15, -0.1) is 5.10 Å². The number of nitrogens with zero attached hydrogens (tertiary/aromatic N) is 2. The highest BCUT2D eigenvalue weighted by atomic mass is 79.9. The molecule has 0 fully saturated rings. The molecule has 0 saturated carbocycles. The number of rotatable bonds is 4. The van der Waals surface area contributed by atoms with Crippen LogP contribution in [-0.2, 0) is 6.61 Å². The summed E-state index contributed by atoms with van der Waals surface area (Å²) in [6.07, 6.45) is 0. The number of aromatic nitrogens is 2. The summed E-state index contributed by atoms with van der Waals surface area (Å²) in [5.74, 6) is 0.560. The summed E-state index contributed by atoms with van der Waals surface area (Å²) < 4.78 is 12.4. The van der Waals surface area contributed by atoms with Crippen LogP contribution in [0.25, 0.3) is 0 Å². The molecule has 3 N–H and O–H groups in total. The molecule has 0 aliphatic carbocycles. The quantitative estimate of drug-likeness (QED) is 0.562. The maximum absolute atomic E-state index is 9.64. The van der Waals surface area contributed by atoms with Crippen molar-refractivity contribution in [3.63, 3.8) is 0 Å². The zero-order valence-electron chi connectivity index (χ0n) is 15.4. The Morgan fingerprint density at radius 2 is 2.07 bits per heavy atom. The van der Waals surface area contributed by atoms with E-state index in [1.54, 1.807) is 12.1 Å². The van der Waals surface area contributed by atoms with Gasteiger partial charge in [0.2, 0.25) is 11.8 Å². The van der Waals surface area contributed by atoms with Gasteiger partial charge in [-0.05, 0) is 42.3 Å². The number of nitriles is 1. The predicted octanol–water partition coefficient (Wildman–Crippen LogP) is 4.93. The van der Waals surface area contributed by atoms with E-state index in [2.05, 4.69) is 32.2 Å². The Balaban J connectivity index is 1.64. The Labute approximate surface area is 181 Å². The van der Waals surface area contributed by atoms with Crippen LogP contribution in [0.1, 0.15) is 28.3 Å². The third-order valence-electron chi connectivity index (χ3n) is 4.73. The lowest BCUT2D eigenvalue weighted by atomic mass is 9.84. The molecule has 6 nitrogen and oxygen atoms in total. The number of halogens is 2. The van der Waals surface area contributed by atoms with Crippen LogP contribution >= 0.6 is 27.5 Å². The number of ether oxygens (including phenoxy) is 2. The summed E-state index contributed by atoms with van der Waals surface area (Å²) in [4.78, 5) is 0. The molecular weight excluding hydrogens is 456 g/mol. The Bertz CT molecular complexity index is 1150. The number of aromatic amines is 1. The molecule has 0 radical (unpaired) electrons. The van der Waals surface area contributed by atoms with Gasteiger partial charge in [-0.1, -0.05) is 45.7 Å². The van der Waals surface area contributed by atoms with Gasteiger partial charge in [0.05, 0.1) is 10.9 Å². The molecule has 146 valence electrons. The highest BCUT2D eigenvalue weighted by molar-refractivity contribution is 9.10. The van der Waals surface area contributed by atoms with Crippen molar-refractivity contribution in [2.75, 3.05) is 0 Å². The highest BCUT2D eigenvalue weighted by Crippen LogP contribution is 2.43. The number of hydrogen-bond acceptors (Lipinski definition) is 5. The van der Waals surface area contributed by atoms with Crippen molar-refractivity contribution in [2.24, 2.45) is 5.73 Å². The number of nitrogens with two attached hydrogens (primary N) is 1. The van der Waals surface area contributed by atoms with Crippen LogP contribution < -0.4 is 15.2 Å². The van der Waals surface area contributed by atoms with Gasteiger partial charge in [-0.3, -0.25) is 5.10 Å². The van der Waals surface area contributed by atoms with Crippen LogP contribution in [0.3, 0.4) is 0 Å². The van der Waals surface area contributed by atoms with E-state index in [0.29, 0.717) is 28.8 Å². The monoisotopic (exact) mass is 470 g/mol. The van der Waals surface area contributed by atoms with Crippen molar-refractivity contribution in [3.8, 4) is 17.7 Å². The smallest absolute Gasteiger partial charge is 0.244 e. The second kappa shape index (κ2) is 7.82. The summed E-state index contributed by atoms with van der Waals surface area (Å²) in [6.45, 7) is 2.26. The van der Waals surface area contributed by atoms with Crippen LogP contribution in [0, 0.1) is 18.3 Å². The molecule has 8 heteroatoms. The molecule has 2 heterocycles. The van der Waals surface area contributed by atoms with Gasteiger partial charge in [0.15, 0.2) is 0 Å². The molecule has 1 aliphatic rings. The average molecular weight is 472 g/mol. The van der Waals surface area contributed by atoms with Crippen molar-refractivity contribution in [1.29, 1.82) is 5.26 Å². The standard InChI is InChI=1S/C21H16BrClN4O2/c1-11-18-19(15(9-24)20(25)29-21(18)27-26-11)13-4-7-17(16(23)8-13)28-10-12-2-5-14(22)6-3-12/h2-8,19H,10,25H2,1H3,(H,26,27)/t19-/m1/s1. The second-order valence-corrected chi connectivity index (χ2v) is 7.92. The number of aryl methyl sites for hydroxylation is 1. The van der Waals surface area contributed by atoms with Gasteiger partial charge in [-0.25, -0.2) is 0 Å². The maximum atomic E-state index is 9.64. The first-order valence-corrected chi connectivity index (χ1v) is 9.94. The first-order chi connectivity index (χ1) is 14.0. The zero-order valence-corrected chi connectivity index (χ0v) is 17.7. The van der Waals surface area contributed by atoms with Crippen LogP contribution in [0.4, 0.5) is 0 Å². The topological polar surface area (TPSA) is 97.0 Å². The fourth-order valence-electron chi connectivity index (χ4n) is 3.29. The van der Waals surface area contributed by atoms with Crippen molar-refractivity contribution in [1.82, 2.24) is 10.2 Å². The maximum Gasteiger partial charge on any atom is 0.244 e. The van der Waals surface area contributed by atoms with E-state index in [-0.39, 0.29) is 5.88 Å². The summed E-state index contributed by atoms with van der Waals surface area (Å²) in [5.41, 5.74) is 9.68. The molecule has 29 heavy (non-hydrogen) atoms. The molecule has 0 unspecified atom stereocenters. The molecule has 1 aliphatic heterocycles. The Kier molecular flexibility index (Phi) is 5.22. The van der Waals surface area contributed by atoms with Gasteiger partial charge in [0.25, 0.3) is 0 Å². The SMILES string of the molecule is Cc1[nH]nc2c1[C@H](c1ccc(OCc3ccc(Br)cc3)c(Cl)c1)C(C#N)=C(N)O2. The third-order valence-corrected chi connectivity index (χ3v) is 5.55. The minimum absolute atomic E-state index is 0.0446. The van der Waals surface area contributed by atoms with E-state index in [9.17, 15) is 5.26 Å². The van der Waals surface area contributed by atoms with Crippen LogP contribution in [0.15, 0.2) is 58.4 Å². The minimum Gasteiger partial charge on any atom is -0.487 e. The van der Waals surface area contributed by atoms with Gasteiger partial charge >= 0.3 is 0 Å². The average Bonchev–Trinajstić information content (AvgIpc) is 3.07. The van der Waals surface area contributed by atoms with Crippen molar-refractivity contribution < 1.29 is 9.47 Å². The van der Waals surface area contributed by atoms with Gasteiger partial charge in [0, 0.05) is 15.7 Å². The molecule has 3 aromatic rings. The number of allylic oxidation sites excluding steroid dienone is 1. The zero-order chi connectivity index (χ0) is 20.5. The number of nitrogens with one attached hydrogen (secondary N) is 1. The van der Waals surface area contributed by atoms with Crippen molar-refractivity contribution in [2.45, 2.75) is 19.4 Å². The minimum atomic E-state index is -0.416. The molecule has 0 bridgehead atoms. The highest BCUT2D eigenvalue weighted by Gasteiger charge is 2.34. The molecule has 0 saturated heterocycles. The number of hydrogen-bond donors (Lipinski definition) is 2. The van der Waals surface area contributed by atoms with Gasteiger partial charge < -0.3 is 15.2 Å². The Morgan fingerprint density at radius 1 is 1.31 bits per heavy atom. The van der Waals surface area contributed by atoms with Crippen molar-refractivity contribution >= 4 is 27.5 Å². The van der Waals surface area contributed by atoms with E-state index in [1.165, 1.54) is 0 Å². The van der Waals surface area contributed by atoms with Crippen LogP contribution in [-0.4, -0.2) is 10.2 Å². The Hall–Kier alpha value is -2.95. The van der Waals surface area contributed by atoms with Crippen LogP contribution in [0.5, 0.6) is 11.6 Å². The first-order valence-electron chi connectivity index (χ1n) is 8.77. The summed E-state index contributed by atoms with van der Waals surface area (Å²) >= 11 is 9.91. The fraction of sp³-hybridized carbons (Fsp3) is 0.143. The largest absolute Gasteiger partial charge is 0.487 e. The van der Waals surface area contributed by atoms with Crippen molar-refractivity contribution in [3.05, 3.63) is 85.8 Å². The molecular formula is C21H16BrClN4O2. The van der Waals surface area contributed by atoms with E-state index in [4.69, 9.17) is 26.8 Å². The van der Waals surface area contributed by atoms with Gasteiger partial charge in [-0.2, -0.15) is 5.26 Å². The lowest BCUT2D eigenvalue weighted by Crippen LogP contribution is -2.21. The number of benzene rings is 2. The summed E-state index contributed by atoms with van der Waals surface area (Å²) in [7, 11) is 0. The Morgan fingerprint density at radius 3 is 2.76 bits per heavy atom. The van der Waals surface area contributed by atoms with E-state index >= 15 is 0 Å². The second-order valence-electron chi connectivity index (χ2n) is 6.60. The third kappa shape index (κ3) is 3.69. The lowest BCUT2D eigenvalue weighted by Gasteiger charge is -2.24. The van der Waals surface area contributed by atoms with E-state index in [1.807, 2.05) is 37.3 Å².